The van der Waals surface area contributed by atoms with E-state index in [1.807, 2.05) is 0 Å². The zero-order valence-electron chi connectivity index (χ0n) is 10.6. The first kappa shape index (κ1) is 13.9. The van der Waals surface area contributed by atoms with Gasteiger partial charge in [-0.3, -0.25) is 4.79 Å². The second-order valence-corrected chi connectivity index (χ2v) is 4.11. The van der Waals surface area contributed by atoms with Gasteiger partial charge in [-0.05, 0) is 13.0 Å². The van der Waals surface area contributed by atoms with Crippen molar-refractivity contribution in [1.29, 1.82) is 0 Å². The molecule has 2 heterocycles. The van der Waals surface area contributed by atoms with Crippen LogP contribution in [0, 0.1) is 6.92 Å². The third-order valence-electron chi connectivity index (χ3n) is 2.65. The maximum Gasteiger partial charge on any atom is 0.326 e. The first-order valence-electron chi connectivity index (χ1n) is 5.86. The fourth-order valence-electron chi connectivity index (χ4n) is 1.61. The van der Waals surface area contributed by atoms with E-state index in [2.05, 4.69) is 20.4 Å². The van der Waals surface area contributed by atoms with Gasteiger partial charge < -0.3 is 15.5 Å². The number of carbonyl (C=O) groups is 2. The number of fused-ring (bicyclic) bond motifs is 1. The number of carboxylic acids is 1. The molecular weight excluding hydrogens is 266 g/mol. The van der Waals surface area contributed by atoms with Crippen LogP contribution in [0.25, 0.3) is 5.78 Å². The van der Waals surface area contributed by atoms with Gasteiger partial charge in [-0.15, -0.1) is 5.10 Å². The Morgan fingerprint density at radius 2 is 2.25 bits per heavy atom. The number of aryl methyl sites for hydroxylation is 1. The van der Waals surface area contributed by atoms with Gasteiger partial charge in [0, 0.05) is 24.9 Å². The van der Waals surface area contributed by atoms with Crippen molar-refractivity contribution in [2.24, 2.45) is 0 Å². The van der Waals surface area contributed by atoms with E-state index in [1.165, 1.54) is 10.7 Å². The Morgan fingerprint density at radius 1 is 1.50 bits per heavy atom. The second-order valence-electron chi connectivity index (χ2n) is 4.11. The van der Waals surface area contributed by atoms with Crippen LogP contribution >= 0.6 is 0 Å². The molecule has 0 spiro atoms. The van der Waals surface area contributed by atoms with E-state index in [0.717, 1.165) is 5.69 Å². The number of rotatable bonds is 5. The van der Waals surface area contributed by atoms with Gasteiger partial charge in [-0.25, -0.2) is 14.3 Å². The minimum Gasteiger partial charge on any atom is -0.480 e. The summed E-state index contributed by atoms with van der Waals surface area (Å²) < 4.78 is 1.39. The van der Waals surface area contributed by atoms with Gasteiger partial charge in [-0.2, -0.15) is 4.98 Å². The average molecular weight is 279 g/mol. The molecule has 1 atom stereocenters. The average Bonchev–Trinajstić information content (AvgIpc) is 2.83. The quantitative estimate of drug-likeness (QED) is 0.639. The minimum absolute atomic E-state index is 0.0915. The number of aliphatic hydroxyl groups is 1. The molecule has 0 aliphatic carbocycles. The smallest absolute Gasteiger partial charge is 0.326 e. The molecule has 2 rings (SSSR count). The first-order valence-corrected chi connectivity index (χ1v) is 5.86. The predicted octanol–water partition coefficient (Wildman–Crippen LogP) is -1.00. The molecule has 20 heavy (non-hydrogen) atoms. The highest BCUT2D eigenvalue weighted by Gasteiger charge is 2.22. The summed E-state index contributed by atoms with van der Waals surface area (Å²) in [5.41, 5.74) is 0.742. The van der Waals surface area contributed by atoms with Crippen LogP contribution < -0.4 is 5.32 Å². The zero-order chi connectivity index (χ0) is 14.7. The van der Waals surface area contributed by atoms with Gasteiger partial charge in [-0.1, -0.05) is 0 Å². The monoisotopic (exact) mass is 279 g/mol. The van der Waals surface area contributed by atoms with Gasteiger partial charge in [0.2, 0.25) is 5.82 Å². The van der Waals surface area contributed by atoms with Crippen LogP contribution in [-0.4, -0.2) is 54.3 Å². The highest BCUT2D eigenvalue weighted by atomic mass is 16.4. The van der Waals surface area contributed by atoms with Crippen LogP contribution in [0.5, 0.6) is 0 Å². The lowest BCUT2D eigenvalue weighted by Crippen LogP contribution is -2.41. The first-order chi connectivity index (χ1) is 9.52. The van der Waals surface area contributed by atoms with E-state index < -0.39 is 17.9 Å². The maximum absolute atomic E-state index is 11.9. The summed E-state index contributed by atoms with van der Waals surface area (Å²) >= 11 is 0. The van der Waals surface area contributed by atoms with Crippen molar-refractivity contribution >= 4 is 17.7 Å². The van der Waals surface area contributed by atoms with Crippen molar-refractivity contribution in [2.75, 3.05) is 6.61 Å². The number of nitrogens with zero attached hydrogens (tertiary/aromatic N) is 4. The molecule has 0 unspecified atom stereocenters. The summed E-state index contributed by atoms with van der Waals surface area (Å²) in [6.07, 6.45) is 1.44. The molecule has 2 aromatic rings. The fourth-order valence-corrected chi connectivity index (χ4v) is 1.61. The molecule has 0 aliphatic heterocycles. The molecule has 9 heteroatoms. The predicted molar refractivity (Wildman–Crippen MR) is 66.1 cm³/mol. The summed E-state index contributed by atoms with van der Waals surface area (Å²) in [4.78, 5) is 30.7. The molecule has 0 saturated heterocycles. The Morgan fingerprint density at radius 3 is 2.85 bits per heavy atom. The number of hydrogen-bond acceptors (Lipinski definition) is 6. The molecule has 3 N–H and O–H groups in total. The van der Waals surface area contributed by atoms with Crippen molar-refractivity contribution in [1.82, 2.24) is 24.9 Å². The summed E-state index contributed by atoms with van der Waals surface area (Å²) in [6, 6.07) is 0.517. The number of nitrogens with one attached hydrogen (secondary N) is 1. The lowest BCUT2D eigenvalue weighted by Gasteiger charge is -2.11. The van der Waals surface area contributed by atoms with E-state index >= 15 is 0 Å². The standard InChI is InChI=1S/C11H13N5O4/c1-6-2-4-12-11-14-8(15-16(6)11)9(18)13-7(3-5-17)10(19)20/h2,4,7,17H,3,5H2,1H3,(H,13,18)(H,19,20)/t7-/m0/s1. The molecule has 0 radical (unpaired) electrons. The third-order valence-corrected chi connectivity index (χ3v) is 2.65. The zero-order valence-corrected chi connectivity index (χ0v) is 10.6. The number of hydrogen-bond donors (Lipinski definition) is 3. The van der Waals surface area contributed by atoms with Crippen molar-refractivity contribution in [2.45, 2.75) is 19.4 Å². The van der Waals surface area contributed by atoms with Crippen LogP contribution in [0.2, 0.25) is 0 Å². The molecule has 2 aromatic heterocycles. The van der Waals surface area contributed by atoms with Crippen LogP contribution in [0.4, 0.5) is 0 Å². The fraction of sp³-hybridized carbons (Fsp3) is 0.364. The molecule has 106 valence electrons. The molecular formula is C11H13N5O4. The summed E-state index contributed by atoms with van der Waals surface area (Å²) in [6.45, 7) is 1.42. The van der Waals surface area contributed by atoms with E-state index in [4.69, 9.17) is 10.2 Å². The number of aliphatic carboxylic acids is 1. The van der Waals surface area contributed by atoms with Crippen LogP contribution in [0.3, 0.4) is 0 Å². The Hall–Kier alpha value is -2.55. The SMILES string of the molecule is Cc1ccnc2nc(C(=O)N[C@@H](CCO)C(=O)O)nn12. The van der Waals surface area contributed by atoms with Crippen molar-refractivity contribution < 1.29 is 19.8 Å². The van der Waals surface area contributed by atoms with Crippen LogP contribution in [-0.2, 0) is 4.79 Å². The van der Waals surface area contributed by atoms with E-state index in [0.29, 0.717) is 0 Å². The summed E-state index contributed by atoms with van der Waals surface area (Å²) in [5.74, 6) is -1.87. The number of aliphatic hydroxyl groups excluding tert-OH is 1. The number of amides is 1. The Balaban J connectivity index is 2.22. The van der Waals surface area contributed by atoms with Gasteiger partial charge in [0.25, 0.3) is 11.7 Å². The molecule has 0 aromatic carbocycles. The number of aromatic nitrogens is 4. The maximum atomic E-state index is 11.9. The number of carboxylic acid groups (broad SMARTS) is 1. The summed E-state index contributed by atoms with van der Waals surface area (Å²) in [7, 11) is 0. The molecule has 0 saturated carbocycles. The van der Waals surface area contributed by atoms with Crippen molar-refractivity contribution in [3.05, 3.63) is 23.8 Å². The molecule has 0 bridgehead atoms. The third kappa shape index (κ3) is 2.72. The van der Waals surface area contributed by atoms with E-state index in [1.54, 1.807) is 13.0 Å². The minimum atomic E-state index is -1.23. The Labute approximate surface area is 113 Å². The largest absolute Gasteiger partial charge is 0.480 e. The summed E-state index contributed by atoms with van der Waals surface area (Å²) in [5, 5.41) is 23.9. The van der Waals surface area contributed by atoms with Gasteiger partial charge in [0.15, 0.2) is 0 Å². The van der Waals surface area contributed by atoms with Gasteiger partial charge in [0.05, 0.1) is 0 Å². The Bertz CT molecular complexity index is 653. The number of carbonyl (C=O) groups excluding carboxylic acids is 1. The van der Waals surface area contributed by atoms with E-state index in [-0.39, 0.29) is 24.6 Å². The normalized spacial score (nSPS) is 12.3. The van der Waals surface area contributed by atoms with E-state index in [9.17, 15) is 9.59 Å². The second kappa shape index (κ2) is 5.61. The highest BCUT2D eigenvalue weighted by Crippen LogP contribution is 2.02. The van der Waals surface area contributed by atoms with Gasteiger partial charge in [0.1, 0.15) is 6.04 Å². The molecule has 1 amide bonds. The van der Waals surface area contributed by atoms with Gasteiger partial charge >= 0.3 is 5.97 Å². The molecule has 0 fully saturated rings. The van der Waals surface area contributed by atoms with Crippen LogP contribution in [0.15, 0.2) is 12.3 Å². The lowest BCUT2D eigenvalue weighted by molar-refractivity contribution is -0.139. The molecule has 9 nitrogen and oxygen atoms in total. The highest BCUT2D eigenvalue weighted by molar-refractivity contribution is 5.93. The van der Waals surface area contributed by atoms with Crippen molar-refractivity contribution in [3.8, 4) is 0 Å². The lowest BCUT2D eigenvalue weighted by atomic mass is 10.2. The topological polar surface area (TPSA) is 130 Å². The Kier molecular flexibility index (Phi) is 3.89. The van der Waals surface area contributed by atoms with Crippen LogP contribution in [0.1, 0.15) is 22.7 Å². The molecule has 0 aliphatic rings. The van der Waals surface area contributed by atoms with Crippen molar-refractivity contribution in [3.63, 3.8) is 0 Å².